The van der Waals surface area contributed by atoms with E-state index in [0.717, 1.165) is 55.2 Å². The third-order valence-electron chi connectivity index (χ3n) is 7.07. The standard InChI is InChI=1S/C24H31ClN6O/c1-16-2-3-17(12-20(16)25)13-27-21-19(22(32)29-18-4-9-26-10-5-18)14-28-23(30-21)31-11-8-24(15-31)6-7-24/h2-3,12,14,18,26H,4-11,13,15H2,1H3,(H,29,32)(H,27,28,30). The topological polar surface area (TPSA) is 82.2 Å². The Bertz CT molecular complexity index is 1000. The van der Waals surface area contributed by atoms with Crippen molar-refractivity contribution >= 4 is 29.3 Å². The molecule has 0 bridgehead atoms. The maximum absolute atomic E-state index is 13.1. The number of piperidine rings is 1. The molecule has 1 amide bonds. The van der Waals surface area contributed by atoms with E-state index < -0.39 is 0 Å². The van der Waals surface area contributed by atoms with Crippen molar-refractivity contribution in [3.05, 3.63) is 46.1 Å². The summed E-state index contributed by atoms with van der Waals surface area (Å²) >= 11 is 6.30. The zero-order chi connectivity index (χ0) is 22.1. The van der Waals surface area contributed by atoms with Gasteiger partial charge in [-0.1, -0.05) is 23.7 Å². The summed E-state index contributed by atoms with van der Waals surface area (Å²) in [6.45, 7) is 6.37. The van der Waals surface area contributed by atoms with Crippen molar-refractivity contribution in [3.63, 3.8) is 0 Å². The lowest BCUT2D eigenvalue weighted by molar-refractivity contribution is 0.0929. The number of hydrogen-bond acceptors (Lipinski definition) is 6. The fraction of sp³-hybridized carbons (Fsp3) is 0.542. The normalized spacial score (nSPS) is 19.9. The van der Waals surface area contributed by atoms with E-state index in [9.17, 15) is 4.79 Å². The van der Waals surface area contributed by atoms with Crippen molar-refractivity contribution in [2.24, 2.45) is 5.41 Å². The molecule has 1 aromatic heterocycles. The number of hydrogen-bond donors (Lipinski definition) is 3. The minimum atomic E-state index is -0.118. The number of aromatic nitrogens is 2. The molecule has 1 spiro atoms. The first-order valence-corrected chi connectivity index (χ1v) is 12.0. The minimum Gasteiger partial charge on any atom is -0.365 e. The highest BCUT2D eigenvalue weighted by molar-refractivity contribution is 6.31. The first-order valence-electron chi connectivity index (χ1n) is 11.6. The third-order valence-corrected chi connectivity index (χ3v) is 7.48. The molecule has 3 aliphatic rings. The summed E-state index contributed by atoms with van der Waals surface area (Å²) in [5, 5.41) is 10.6. The van der Waals surface area contributed by atoms with Gasteiger partial charge in [0.2, 0.25) is 5.95 Å². The molecule has 3 N–H and O–H groups in total. The summed E-state index contributed by atoms with van der Waals surface area (Å²) in [6.07, 6.45) is 7.37. The minimum absolute atomic E-state index is 0.118. The molecule has 2 saturated heterocycles. The zero-order valence-electron chi connectivity index (χ0n) is 18.6. The second-order valence-electron chi connectivity index (χ2n) is 9.54. The Morgan fingerprint density at radius 2 is 2.09 bits per heavy atom. The van der Waals surface area contributed by atoms with Crippen LogP contribution in [0.1, 0.15) is 53.6 Å². The van der Waals surface area contributed by atoms with Crippen LogP contribution in [0.3, 0.4) is 0 Å². The summed E-state index contributed by atoms with van der Waals surface area (Å²) < 4.78 is 0. The summed E-state index contributed by atoms with van der Waals surface area (Å²) in [6, 6.07) is 6.19. The van der Waals surface area contributed by atoms with E-state index in [-0.39, 0.29) is 11.9 Å². The van der Waals surface area contributed by atoms with E-state index in [2.05, 4.69) is 25.8 Å². The Hall–Kier alpha value is -2.38. The number of halogens is 1. The summed E-state index contributed by atoms with van der Waals surface area (Å²) in [5.41, 5.74) is 3.07. The summed E-state index contributed by atoms with van der Waals surface area (Å²) in [4.78, 5) is 24.8. The number of anilines is 2. The predicted octanol–water partition coefficient (Wildman–Crippen LogP) is 3.52. The molecule has 2 aliphatic heterocycles. The Morgan fingerprint density at radius 3 is 2.81 bits per heavy atom. The molecule has 1 aliphatic carbocycles. The van der Waals surface area contributed by atoms with Gasteiger partial charge in [0, 0.05) is 36.9 Å². The van der Waals surface area contributed by atoms with Gasteiger partial charge in [-0.2, -0.15) is 4.98 Å². The predicted molar refractivity (Wildman–Crippen MR) is 127 cm³/mol. The average molecular weight is 455 g/mol. The molecule has 5 rings (SSSR count). The van der Waals surface area contributed by atoms with Crippen molar-refractivity contribution < 1.29 is 4.79 Å². The van der Waals surface area contributed by atoms with Crippen molar-refractivity contribution in [1.82, 2.24) is 20.6 Å². The van der Waals surface area contributed by atoms with Crippen molar-refractivity contribution in [1.29, 1.82) is 0 Å². The van der Waals surface area contributed by atoms with E-state index in [4.69, 9.17) is 16.6 Å². The Morgan fingerprint density at radius 1 is 1.28 bits per heavy atom. The van der Waals surface area contributed by atoms with E-state index in [0.29, 0.717) is 29.3 Å². The fourth-order valence-electron chi connectivity index (χ4n) is 4.68. The van der Waals surface area contributed by atoms with Gasteiger partial charge in [0.1, 0.15) is 11.4 Å². The lowest BCUT2D eigenvalue weighted by Crippen LogP contribution is -2.43. The molecule has 0 atom stereocenters. The maximum Gasteiger partial charge on any atom is 0.256 e. The van der Waals surface area contributed by atoms with Crippen LogP contribution in [0, 0.1) is 12.3 Å². The number of rotatable bonds is 6. The molecule has 8 heteroatoms. The van der Waals surface area contributed by atoms with Gasteiger partial charge in [0.15, 0.2) is 0 Å². The Labute approximate surface area is 194 Å². The van der Waals surface area contributed by atoms with Crippen molar-refractivity contribution in [2.75, 3.05) is 36.4 Å². The van der Waals surface area contributed by atoms with Crippen LogP contribution >= 0.6 is 11.6 Å². The van der Waals surface area contributed by atoms with Gasteiger partial charge in [-0.15, -0.1) is 0 Å². The quantitative estimate of drug-likeness (QED) is 0.619. The lowest BCUT2D eigenvalue weighted by atomic mass is 10.1. The van der Waals surface area contributed by atoms with Gasteiger partial charge < -0.3 is 20.9 Å². The highest BCUT2D eigenvalue weighted by Gasteiger charge is 2.48. The molecule has 170 valence electrons. The summed E-state index contributed by atoms with van der Waals surface area (Å²) in [7, 11) is 0. The van der Waals surface area contributed by atoms with E-state index in [1.807, 2.05) is 25.1 Å². The van der Waals surface area contributed by atoms with Gasteiger partial charge in [-0.25, -0.2) is 4.98 Å². The van der Waals surface area contributed by atoms with Crippen LogP contribution < -0.4 is 20.9 Å². The molecule has 3 fully saturated rings. The SMILES string of the molecule is Cc1ccc(CNc2nc(N3CCC4(CC4)C3)ncc2C(=O)NC2CCNCC2)cc1Cl. The number of aryl methyl sites for hydroxylation is 1. The van der Waals surface area contributed by atoms with Crippen LogP contribution in [-0.4, -0.2) is 48.1 Å². The lowest BCUT2D eigenvalue weighted by Gasteiger charge is -2.24. The largest absolute Gasteiger partial charge is 0.365 e. The number of nitrogens with one attached hydrogen (secondary N) is 3. The van der Waals surface area contributed by atoms with E-state index in [1.54, 1.807) is 6.20 Å². The molecule has 2 aromatic rings. The molecule has 7 nitrogen and oxygen atoms in total. The number of benzene rings is 1. The van der Waals surface area contributed by atoms with Crippen LogP contribution in [0.25, 0.3) is 0 Å². The zero-order valence-corrected chi connectivity index (χ0v) is 19.3. The second-order valence-corrected chi connectivity index (χ2v) is 9.95. The smallest absolute Gasteiger partial charge is 0.256 e. The number of amides is 1. The summed E-state index contributed by atoms with van der Waals surface area (Å²) in [5.74, 6) is 1.17. The molecule has 1 saturated carbocycles. The highest BCUT2D eigenvalue weighted by atomic mass is 35.5. The van der Waals surface area contributed by atoms with Gasteiger partial charge in [-0.3, -0.25) is 4.79 Å². The third kappa shape index (κ3) is 4.69. The molecule has 0 unspecified atom stereocenters. The molecule has 32 heavy (non-hydrogen) atoms. The van der Waals surface area contributed by atoms with Gasteiger partial charge in [0.25, 0.3) is 5.91 Å². The van der Waals surface area contributed by atoms with Crippen LogP contribution in [0.2, 0.25) is 5.02 Å². The van der Waals surface area contributed by atoms with Crippen molar-refractivity contribution in [3.8, 4) is 0 Å². The molecular formula is C24H31ClN6O. The molecule has 1 aromatic carbocycles. The molecule has 0 radical (unpaired) electrons. The van der Waals surface area contributed by atoms with Crippen LogP contribution in [0.5, 0.6) is 0 Å². The highest BCUT2D eigenvalue weighted by Crippen LogP contribution is 2.53. The monoisotopic (exact) mass is 454 g/mol. The first-order chi connectivity index (χ1) is 15.5. The first kappa shape index (κ1) is 21.5. The number of carbonyl (C=O) groups excluding carboxylic acids is 1. The van der Waals surface area contributed by atoms with E-state index >= 15 is 0 Å². The second kappa shape index (κ2) is 8.87. The van der Waals surface area contributed by atoms with Crippen LogP contribution in [-0.2, 0) is 6.54 Å². The Kier molecular flexibility index (Phi) is 5.95. The maximum atomic E-state index is 13.1. The number of carbonyl (C=O) groups is 1. The van der Waals surface area contributed by atoms with Crippen LogP contribution in [0.4, 0.5) is 11.8 Å². The van der Waals surface area contributed by atoms with Crippen LogP contribution in [0.15, 0.2) is 24.4 Å². The number of nitrogens with zero attached hydrogens (tertiary/aromatic N) is 3. The molecular weight excluding hydrogens is 424 g/mol. The van der Waals surface area contributed by atoms with Gasteiger partial charge >= 0.3 is 0 Å². The van der Waals surface area contributed by atoms with Gasteiger partial charge in [0.05, 0.1) is 0 Å². The fourth-order valence-corrected chi connectivity index (χ4v) is 4.88. The average Bonchev–Trinajstić information content (AvgIpc) is 3.43. The van der Waals surface area contributed by atoms with E-state index in [1.165, 1.54) is 19.3 Å². The molecule has 3 heterocycles. The van der Waals surface area contributed by atoms with Gasteiger partial charge in [-0.05, 0) is 74.7 Å². The Balaban J connectivity index is 1.36. The van der Waals surface area contributed by atoms with Crippen molar-refractivity contribution in [2.45, 2.75) is 51.6 Å².